The number of anilines is 1. The van der Waals surface area contributed by atoms with Crippen molar-refractivity contribution in [3.05, 3.63) is 64.1 Å². The van der Waals surface area contributed by atoms with Gasteiger partial charge in [0.25, 0.3) is 5.91 Å². The molecule has 2 aromatic rings. The zero-order valence-electron chi connectivity index (χ0n) is 14.2. The van der Waals surface area contributed by atoms with Crippen molar-refractivity contribution in [2.24, 2.45) is 5.92 Å². The van der Waals surface area contributed by atoms with Crippen LogP contribution in [0.25, 0.3) is 0 Å². The molecule has 130 valence electrons. The molecule has 1 heterocycles. The van der Waals surface area contributed by atoms with E-state index in [0.717, 1.165) is 30.4 Å². The van der Waals surface area contributed by atoms with Gasteiger partial charge in [-0.25, -0.2) is 0 Å². The van der Waals surface area contributed by atoms with Gasteiger partial charge in [-0.1, -0.05) is 34.1 Å². The third-order valence-electron chi connectivity index (χ3n) is 4.58. The van der Waals surface area contributed by atoms with Crippen molar-refractivity contribution >= 4 is 33.3 Å². The van der Waals surface area contributed by atoms with Gasteiger partial charge in [-0.05, 0) is 63.3 Å². The number of likely N-dealkylation sites (tertiary alicyclic amines) is 1. The van der Waals surface area contributed by atoms with Gasteiger partial charge in [0.1, 0.15) is 0 Å². The Bertz CT molecular complexity index is 783. The van der Waals surface area contributed by atoms with Crippen LogP contribution in [0.1, 0.15) is 33.6 Å². The molecule has 0 radical (unpaired) electrons. The quantitative estimate of drug-likeness (QED) is 0.781. The minimum Gasteiger partial charge on any atom is -0.322 e. The molecule has 0 spiro atoms. The SMILES string of the molecule is CN1CCC(C(=O)c2cccc(NC(=O)c3cccc(Br)c3)c2)CC1. The number of Topliss-reactive ketones (excluding diaryl/α,β-unsaturated/α-hetero) is 1. The Morgan fingerprint density at radius 2 is 1.72 bits per heavy atom. The van der Waals surface area contributed by atoms with Crippen LogP contribution in [0.15, 0.2) is 53.0 Å². The summed E-state index contributed by atoms with van der Waals surface area (Å²) in [5, 5.41) is 2.87. The molecule has 4 nitrogen and oxygen atoms in total. The standard InChI is InChI=1S/C20H21BrN2O2/c1-23-10-8-14(9-11-23)19(24)15-4-3-7-18(13-15)22-20(25)16-5-2-6-17(21)12-16/h2-7,12-14H,8-11H2,1H3,(H,22,25). The fourth-order valence-corrected chi connectivity index (χ4v) is 3.49. The van der Waals surface area contributed by atoms with Crippen molar-refractivity contribution in [3.63, 3.8) is 0 Å². The van der Waals surface area contributed by atoms with Gasteiger partial charge in [0, 0.05) is 27.2 Å². The number of nitrogens with one attached hydrogen (secondary N) is 1. The molecular formula is C20H21BrN2O2. The van der Waals surface area contributed by atoms with E-state index in [9.17, 15) is 9.59 Å². The number of carbonyl (C=O) groups excluding carboxylic acids is 2. The molecule has 0 bridgehead atoms. The van der Waals surface area contributed by atoms with Gasteiger partial charge in [-0.2, -0.15) is 0 Å². The average molecular weight is 401 g/mol. The first-order valence-corrected chi connectivity index (χ1v) is 9.22. The van der Waals surface area contributed by atoms with E-state index in [1.165, 1.54) is 0 Å². The Morgan fingerprint density at radius 1 is 1.04 bits per heavy atom. The van der Waals surface area contributed by atoms with E-state index in [4.69, 9.17) is 0 Å². The molecule has 5 heteroatoms. The van der Waals surface area contributed by atoms with E-state index in [0.29, 0.717) is 16.8 Å². The Morgan fingerprint density at radius 3 is 2.44 bits per heavy atom. The van der Waals surface area contributed by atoms with E-state index >= 15 is 0 Å². The number of rotatable bonds is 4. The summed E-state index contributed by atoms with van der Waals surface area (Å²) in [5.74, 6) is 0.0593. The highest BCUT2D eigenvalue weighted by Gasteiger charge is 2.24. The summed E-state index contributed by atoms with van der Waals surface area (Å²) >= 11 is 3.37. The summed E-state index contributed by atoms with van der Waals surface area (Å²) in [5.41, 5.74) is 1.88. The average Bonchev–Trinajstić information content (AvgIpc) is 2.62. The molecule has 0 aromatic heterocycles. The number of nitrogens with zero attached hydrogens (tertiary/aromatic N) is 1. The van der Waals surface area contributed by atoms with Crippen LogP contribution in [0.2, 0.25) is 0 Å². The van der Waals surface area contributed by atoms with Gasteiger partial charge in [0.05, 0.1) is 0 Å². The van der Waals surface area contributed by atoms with Crippen LogP contribution < -0.4 is 5.32 Å². The van der Waals surface area contributed by atoms with Crippen LogP contribution in [0.5, 0.6) is 0 Å². The van der Waals surface area contributed by atoms with Crippen LogP contribution in [-0.4, -0.2) is 36.7 Å². The van der Waals surface area contributed by atoms with Crippen LogP contribution in [0.3, 0.4) is 0 Å². The highest BCUT2D eigenvalue weighted by molar-refractivity contribution is 9.10. The molecule has 1 fully saturated rings. The van der Waals surface area contributed by atoms with E-state index in [-0.39, 0.29) is 17.6 Å². The van der Waals surface area contributed by atoms with Crippen molar-refractivity contribution in [3.8, 4) is 0 Å². The van der Waals surface area contributed by atoms with E-state index in [2.05, 4.69) is 33.2 Å². The van der Waals surface area contributed by atoms with Crippen molar-refractivity contribution in [1.82, 2.24) is 4.90 Å². The lowest BCUT2D eigenvalue weighted by molar-refractivity contribution is 0.0856. The Labute approximate surface area is 156 Å². The van der Waals surface area contributed by atoms with Crippen LogP contribution >= 0.6 is 15.9 Å². The number of hydrogen-bond acceptors (Lipinski definition) is 3. The molecule has 1 N–H and O–H groups in total. The zero-order valence-corrected chi connectivity index (χ0v) is 15.8. The molecule has 2 aromatic carbocycles. The van der Waals surface area contributed by atoms with Crippen molar-refractivity contribution < 1.29 is 9.59 Å². The predicted molar refractivity (Wildman–Crippen MR) is 103 cm³/mol. The second kappa shape index (κ2) is 7.93. The second-order valence-electron chi connectivity index (χ2n) is 6.49. The molecule has 3 rings (SSSR count). The second-order valence-corrected chi connectivity index (χ2v) is 7.40. The Balaban J connectivity index is 1.71. The lowest BCUT2D eigenvalue weighted by atomic mass is 9.89. The summed E-state index contributed by atoms with van der Waals surface area (Å²) in [6, 6.07) is 14.4. The summed E-state index contributed by atoms with van der Waals surface area (Å²) in [7, 11) is 2.08. The third-order valence-corrected chi connectivity index (χ3v) is 5.07. The van der Waals surface area contributed by atoms with Crippen LogP contribution in [-0.2, 0) is 0 Å². The first-order valence-electron chi connectivity index (χ1n) is 8.42. The third kappa shape index (κ3) is 4.55. The molecule has 0 aliphatic carbocycles. The van der Waals surface area contributed by atoms with Gasteiger partial charge < -0.3 is 10.2 Å². The Kier molecular flexibility index (Phi) is 5.66. The highest BCUT2D eigenvalue weighted by atomic mass is 79.9. The zero-order chi connectivity index (χ0) is 17.8. The summed E-state index contributed by atoms with van der Waals surface area (Å²) < 4.78 is 0.853. The number of benzene rings is 2. The number of hydrogen-bond donors (Lipinski definition) is 1. The van der Waals surface area contributed by atoms with E-state index in [1.54, 1.807) is 24.3 Å². The summed E-state index contributed by atoms with van der Waals surface area (Å²) in [4.78, 5) is 27.3. The molecule has 1 aliphatic rings. The lowest BCUT2D eigenvalue weighted by Gasteiger charge is -2.28. The number of ketones is 1. The van der Waals surface area contributed by atoms with E-state index < -0.39 is 0 Å². The predicted octanol–water partition coefficient (Wildman–Crippen LogP) is 4.23. The van der Waals surface area contributed by atoms with Gasteiger partial charge >= 0.3 is 0 Å². The largest absolute Gasteiger partial charge is 0.322 e. The van der Waals surface area contributed by atoms with Crippen LogP contribution in [0.4, 0.5) is 5.69 Å². The maximum absolute atomic E-state index is 12.7. The summed E-state index contributed by atoms with van der Waals surface area (Å²) in [6.07, 6.45) is 1.79. The van der Waals surface area contributed by atoms with E-state index in [1.807, 2.05) is 24.3 Å². The first-order chi connectivity index (χ1) is 12.0. The normalized spacial score (nSPS) is 15.8. The molecule has 0 atom stereocenters. The van der Waals surface area contributed by atoms with Gasteiger partial charge in [0.15, 0.2) is 5.78 Å². The number of halogens is 1. The first kappa shape index (κ1) is 17.8. The van der Waals surface area contributed by atoms with Crippen molar-refractivity contribution in [2.75, 3.05) is 25.5 Å². The molecule has 25 heavy (non-hydrogen) atoms. The van der Waals surface area contributed by atoms with Crippen LogP contribution in [0, 0.1) is 5.92 Å². The minimum absolute atomic E-state index is 0.0761. The fraction of sp³-hybridized carbons (Fsp3) is 0.300. The maximum atomic E-state index is 12.7. The van der Waals surface area contributed by atoms with Gasteiger partial charge in [-0.3, -0.25) is 9.59 Å². The highest BCUT2D eigenvalue weighted by Crippen LogP contribution is 2.23. The van der Waals surface area contributed by atoms with Gasteiger partial charge in [0.2, 0.25) is 0 Å². The fourth-order valence-electron chi connectivity index (χ4n) is 3.09. The smallest absolute Gasteiger partial charge is 0.255 e. The van der Waals surface area contributed by atoms with Crippen molar-refractivity contribution in [1.29, 1.82) is 0 Å². The molecule has 0 saturated carbocycles. The summed E-state index contributed by atoms with van der Waals surface area (Å²) in [6.45, 7) is 1.91. The molecule has 1 amide bonds. The minimum atomic E-state index is -0.190. The maximum Gasteiger partial charge on any atom is 0.255 e. The van der Waals surface area contributed by atoms with Crippen molar-refractivity contribution in [2.45, 2.75) is 12.8 Å². The number of amides is 1. The molecule has 1 saturated heterocycles. The number of carbonyl (C=O) groups is 2. The molecular weight excluding hydrogens is 380 g/mol. The lowest BCUT2D eigenvalue weighted by Crippen LogP contribution is -2.33. The Hall–Kier alpha value is -1.98. The topological polar surface area (TPSA) is 49.4 Å². The monoisotopic (exact) mass is 400 g/mol. The molecule has 1 aliphatic heterocycles. The molecule has 0 unspecified atom stereocenters. The number of piperidine rings is 1. The van der Waals surface area contributed by atoms with Gasteiger partial charge in [-0.15, -0.1) is 0 Å².